The molecule has 4 aromatic rings. The molecule has 0 amide bonds. The van der Waals surface area contributed by atoms with Crippen molar-refractivity contribution in [2.45, 2.75) is 58.0 Å². The van der Waals surface area contributed by atoms with E-state index in [1.54, 1.807) is 0 Å². The summed E-state index contributed by atoms with van der Waals surface area (Å²) in [5.41, 5.74) is 3.98. The van der Waals surface area contributed by atoms with Gasteiger partial charge in [-0.25, -0.2) is 4.98 Å². The molecule has 0 bridgehead atoms. The Morgan fingerprint density at radius 2 is 1.44 bits per heavy atom. The number of imidazole rings is 1. The molecule has 0 aliphatic heterocycles. The topological polar surface area (TPSA) is 56.2 Å². The third-order valence-electron chi connectivity index (χ3n) is 7.27. The fraction of sp³-hybridized carbons (Fsp3) is 0.353. The average molecular weight is 524 g/mol. The van der Waals surface area contributed by atoms with Crippen LogP contribution < -0.4 is 5.32 Å². The first-order valence-corrected chi connectivity index (χ1v) is 14.3. The Balaban J connectivity index is 1.54. The van der Waals surface area contributed by atoms with Crippen molar-refractivity contribution in [1.82, 2.24) is 14.9 Å². The molecule has 1 aromatic heterocycles. The van der Waals surface area contributed by atoms with Crippen LogP contribution in [0.25, 0.3) is 0 Å². The Bertz CT molecular complexity index is 1160. The fourth-order valence-electron chi connectivity index (χ4n) is 5.29. The Kier molecular flexibility index (Phi) is 10.5. The van der Waals surface area contributed by atoms with Crippen molar-refractivity contribution in [2.75, 3.05) is 13.2 Å². The molecule has 0 saturated carbocycles. The predicted molar refractivity (Wildman–Crippen MR) is 157 cm³/mol. The maximum Gasteiger partial charge on any atom is 0.309 e. The second-order valence-corrected chi connectivity index (χ2v) is 10.0. The minimum Gasteiger partial charge on any atom is -0.466 e. The summed E-state index contributed by atoms with van der Waals surface area (Å²) in [6, 6.07) is 31.8. The second kappa shape index (κ2) is 14.5. The summed E-state index contributed by atoms with van der Waals surface area (Å²) in [5, 5.41) is 3.93. The number of hydrogen-bond acceptors (Lipinski definition) is 4. The lowest BCUT2D eigenvalue weighted by atomic mass is 9.77. The van der Waals surface area contributed by atoms with Gasteiger partial charge in [-0.15, -0.1) is 0 Å². The molecule has 0 radical (unpaired) electrons. The van der Waals surface area contributed by atoms with Crippen LogP contribution in [0.4, 0.5) is 0 Å². The van der Waals surface area contributed by atoms with Gasteiger partial charge in [-0.05, 0) is 49.4 Å². The highest BCUT2D eigenvalue weighted by Gasteiger charge is 2.35. The van der Waals surface area contributed by atoms with Crippen molar-refractivity contribution >= 4 is 5.97 Å². The maximum absolute atomic E-state index is 12.9. The quantitative estimate of drug-likeness (QED) is 0.106. The lowest BCUT2D eigenvalue weighted by molar-refractivity contribution is -0.148. The number of nitrogens with one attached hydrogen (secondary N) is 1. The molecule has 4 rings (SSSR count). The molecule has 0 unspecified atom stereocenters. The van der Waals surface area contributed by atoms with Crippen LogP contribution in [0.3, 0.4) is 0 Å². The van der Waals surface area contributed by atoms with Gasteiger partial charge in [0, 0.05) is 19.2 Å². The molecule has 5 nitrogen and oxygen atoms in total. The van der Waals surface area contributed by atoms with Gasteiger partial charge in [0.15, 0.2) is 0 Å². The molecule has 1 N–H and O–H groups in total. The number of aromatic nitrogens is 2. The first kappa shape index (κ1) is 28.3. The third-order valence-corrected chi connectivity index (χ3v) is 7.27. The van der Waals surface area contributed by atoms with E-state index in [9.17, 15) is 4.79 Å². The minimum atomic E-state index is -0.513. The van der Waals surface area contributed by atoms with E-state index in [0.717, 1.165) is 44.5 Å². The molecule has 1 atom stereocenters. The number of hydrogen-bond donors (Lipinski definition) is 1. The highest BCUT2D eigenvalue weighted by molar-refractivity contribution is 5.72. The largest absolute Gasteiger partial charge is 0.466 e. The van der Waals surface area contributed by atoms with Gasteiger partial charge in [-0.2, -0.15) is 0 Å². The SMILES string of the molecule is CCCCn1cnc(C[C@@H](CCCNC(c2ccccc2)(c2ccccc2)c2ccccc2)C(=O)OCC)c1. The molecular weight excluding hydrogens is 482 g/mol. The van der Waals surface area contributed by atoms with E-state index in [0.29, 0.717) is 13.0 Å². The van der Waals surface area contributed by atoms with Crippen LogP contribution in [0.2, 0.25) is 0 Å². The van der Waals surface area contributed by atoms with Gasteiger partial charge in [-0.1, -0.05) is 104 Å². The summed E-state index contributed by atoms with van der Waals surface area (Å²) in [7, 11) is 0. The van der Waals surface area contributed by atoms with E-state index < -0.39 is 5.54 Å². The third kappa shape index (κ3) is 7.24. The van der Waals surface area contributed by atoms with Crippen molar-refractivity contribution < 1.29 is 9.53 Å². The van der Waals surface area contributed by atoms with E-state index in [2.05, 4.69) is 119 Å². The van der Waals surface area contributed by atoms with Crippen molar-refractivity contribution in [3.63, 3.8) is 0 Å². The average Bonchev–Trinajstić information content (AvgIpc) is 3.44. The first-order valence-electron chi connectivity index (χ1n) is 14.3. The van der Waals surface area contributed by atoms with E-state index in [4.69, 9.17) is 4.74 Å². The van der Waals surface area contributed by atoms with Crippen LogP contribution in [0, 0.1) is 5.92 Å². The standard InChI is InChI=1S/C34H41N3O2/c1-3-5-24-37-26-32(35-27-37)25-28(33(38)39-4-2)16-15-23-36-34(29-17-9-6-10-18-29,30-19-11-7-12-20-30)31-21-13-8-14-22-31/h6-14,17-22,26-28,36H,3-5,15-16,23-25H2,1-2H3/t28-/m1/s1. The smallest absolute Gasteiger partial charge is 0.309 e. The van der Waals surface area contributed by atoms with Crippen LogP contribution in [-0.4, -0.2) is 28.7 Å². The van der Waals surface area contributed by atoms with Crippen LogP contribution in [0.1, 0.15) is 61.9 Å². The Morgan fingerprint density at radius 1 is 0.872 bits per heavy atom. The second-order valence-electron chi connectivity index (χ2n) is 10.0. The number of carbonyl (C=O) groups is 1. The number of unbranched alkanes of at least 4 members (excludes halogenated alkanes) is 1. The highest BCUT2D eigenvalue weighted by Crippen LogP contribution is 2.36. The van der Waals surface area contributed by atoms with Gasteiger partial charge in [0.2, 0.25) is 0 Å². The number of aryl methyl sites for hydroxylation is 1. The first-order chi connectivity index (χ1) is 19.2. The number of nitrogens with zero attached hydrogens (tertiary/aromatic N) is 2. The molecule has 3 aromatic carbocycles. The summed E-state index contributed by atoms with van der Waals surface area (Å²) in [6.45, 7) is 6.13. The zero-order chi connectivity index (χ0) is 27.3. The van der Waals surface area contributed by atoms with Gasteiger partial charge >= 0.3 is 5.97 Å². The zero-order valence-electron chi connectivity index (χ0n) is 23.3. The summed E-state index contributed by atoms with van der Waals surface area (Å²) >= 11 is 0. The summed E-state index contributed by atoms with van der Waals surface area (Å²) < 4.78 is 7.58. The number of esters is 1. The zero-order valence-corrected chi connectivity index (χ0v) is 23.3. The maximum atomic E-state index is 12.9. The Hall–Kier alpha value is -3.70. The van der Waals surface area contributed by atoms with Gasteiger partial charge in [0.1, 0.15) is 0 Å². The van der Waals surface area contributed by atoms with Crippen LogP contribution in [-0.2, 0) is 28.0 Å². The van der Waals surface area contributed by atoms with Crippen LogP contribution >= 0.6 is 0 Å². The monoisotopic (exact) mass is 523 g/mol. The molecule has 0 saturated heterocycles. The number of rotatable bonds is 15. The highest BCUT2D eigenvalue weighted by atomic mass is 16.5. The molecule has 5 heteroatoms. The molecule has 0 aliphatic rings. The lowest BCUT2D eigenvalue weighted by Crippen LogP contribution is -2.45. The van der Waals surface area contributed by atoms with E-state index in [1.165, 1.54) is 16.7 Å². The summed E-state index contributed by atoms with van der Waals surface area (Å²) in [5.74, 6) is -0.359. The fourth-order valence-corrected chi connectivity index (χ4v) is 5.29. The van der Waals surface area contributed by atoms with Crippen molar-refractivity contribution in [3.05, 3.63) is 126 Å². The lowest BCUT2D eigenvalue weighted by Gasteiger charge is -2.37. The summed E-state index contributed by atoms with van der Waals surface area (Å²) in [4.78, 5) is 17.5. The van der Waals surface area contributed by atoms with Crippen LogP contribution in [0.15, 0.2) is 104 Å². The van der Waals surface area contributed by atoms with Gasteiger partial charge in [0.05, 0.1) is 30.1 Å². The molecule has 39 heavy (non-hydrogen) atoms. The Labute approximate surface area is 233 Å². The van der Waals surface area contributed by atoms with Crippen molar-refractivity contribution in [1.29, 1.82) is 0 Å². The summed E-state index contributed by atoms with van der Waals surface area (Å²) in [6.07, 6.45) is 8.36. The van der Waals surface area contributed by atoms with Crippen molar-refractivity contribution in [3.8, 4) is 0 Å². The number of benzene rings is 3. The van der Waals surface area contributed by atoms with Gasteiger partial charge in [0.25, 0.3) is 0 Å². The van der Waals surface area contributed by atoms with Gasteiger partial charge < -0.3 is 9.30 Å². The number of ether oxygens (including phenoxy) is 1. The number of carbonyl (C=O) groups excluding carboxylic acids is 1. The molecule has 0 fully saturated rings. The normalized spacial score (nSPS) is 12.3. The van der Waals surface area contributed by atoms with Crippen molar-refractivity contribution in [2.24, 2.45) is 5.92 Å². The van der Waals surface area contributed by atoms with E-state index in [-0.39, 0.29) is 11.9 Å². The van der Waals surface area contributed by atoms with Gasteiger partial charge in [-0.3, -0.25) is 10.1 Å². The predicted octanol–water partition coefficient (Wildman–Crippen LogP) is 6.77. The van der Waals surface area contributed by atoms with E-state index >= 15 is 0 Å². The molecule has 0 aliphatic carbocycles. The molecule has 204 valence electrons. The molecule has 1 heterocycles. The molecule has 0 spiro atoms. The Morgan fingerprint density at radius 3 is 1.95 bits per heavy atom. The van der Waals surface area contributed by atoms with Crippen LogP contribution in [0.5, 0.6) is 0 Å². The minimum absolute atomic E-state index is 0.138. The molecular formula is C34H41N3O2. The van der Waals surface area contributed by atoms with E-state index in [1.807, 2.05) is 13.3 Å².